The van der Waals surface area contributed by atoms with E-state index in [0.717, 1.165) is 11.0 Å². The first-order valence-corrected chi connectivity index (χ1v) is 6.17. The molecular weight excluding hydrogens is 280 g/mol. The van der Waals surface area contributed by atoms with Crippen molar-refractivity contribution < 1.29 is 4.92 Å². The molecule has 0 amide bonds. The minimum atomic E-state index is -0.443. The van der Waals surface area contributed by atoms with Gasteiger partial charge < -0.3 is 10.3 Å². The lowest BCUT2D eigenvalue weighted by atomic mass is 10.3. The zero-order valence-corrected chi connectivity index (χ0v) is 10.9. The van der Waals surface area contributed by atoms with Crippen molar-refractivity contribution >= 4 is 40.0 Å². The van der Waals surface area contributed by atoms with Crippen molar-refractivity contribution in [2.24, 2.45) is 0 Å². The van der Waals surface area contributed by atoms with E-state index in [2.05, 4.69) is 15.3 Å². The second kappa shape index (κ2) is 4.82. The molecule has 3 aromatic rings. The molecule has 6 nitrogen and oxygen atoms in total. The van der Waals surface area contributed by atoms with Crippen LogP contribution in [0, 0.1) is 10.1 Å². The smallest absolute Gasteiger partial charge is 0.292 e. The van der Waals surface area contributed by atoms with Crippen LogP contribution in [0.3, 0.4) is 0 Å². The highest BCUT2D eigenvalue weighted by Gasteiger charge is 2.13. The van der Waals surface area contributed by atoms with Gasteiger partial charge in [-0.3, -0.25) is 10.1 Å². The summed E-state index contributed by atoms with van der Waals surface area (Å²) in [4.78, 5) is 17.8. The third-order valence-corrected chi connectivity index (χ3v) is 3.03. The number of anilines is 2. The number of nitrogens with zero attached hydrogens (tertiary/aromatic N) is 2. The van der Waals surface area contributed by atoms with Gasteiger partial charge in [-0.15, -0.1) is 0 Å². The van der Waals surface area contributed by atoms with Gasteiger partial charge in [-0.25, -0.2) is 4.98 Å². The third-order valence-electron chi connectivity index (χ3n) is 2.80. The van der Waals surface area contributed by atoms with Gasteiger partial charge in [0.05, 0.1) is 16.0 Å². The van der Waals surface area contributed by atoms with Crippen LogP contribution < -0.4 is 5.32 Å². The number of halogens is 1. The summed E-state index contributed by atoms with van der Waals surface area (Å²) >= 11 is 5.90. The van der Waals surface area contributed by atoms with Gasteiger partial charge in [0.15, 0.2) is 0 Å². The Kier molecular flexibility index (Phi) is 3.00. The van der Waals surface area contributed by atoms with E-state index < -0.39 is 4.92 Å². The fourth-order valence-electron chi connectivity index (χ4n) is 1.91. The summed E-state index contributed by atoms with van der Waals surface area (Å²) in [6.07, 6.45) is 0. The topological polar surface area (TPSA) is 83.8 Å². The van der Waals surface area contributed by atoms with Crippen molar-refractivity contribution in [3.63, 3.8) is 0 Å². The molecule has 0 spiro atoms. The Labute approximate surface area is 118 Å². The Balaban J connectivity index is 1.99. The first kappa shape index (κ1) is 12.4. The molecule has 0 radical (unpaired) electrons. The largest absolute Gasteiger partial charge is 0.324 e. The van der Waals surface area contributed by atoms with Crippen LogP contribution in [0.5, 0.6) is 0 Å². The molecule has 0 aliphatic heterocycles. The van der Waals surface area contributed by atoms with Gasteiger partial charge in [-0.05, 0) is 24.3 Å². The number of nitro benzene ring substituents is 1. The Morgan fingerprint density at radius 1 is 1.25 bits per heavy atom. The lowest BCUT2D eigenvalue weighted by molar-refractivity contribution is -0.383. The number of aromatic nitrogens is 2. The first-order chi connectivity index (χ1) is 9.63. The SMILES string of the molecule is O=[N+]([O-])c1ccccc1Nc1nc2ccc(Cl)cc2[nH]1. The van der Waals surface area contributed by atoms with Crippen LogP contribution in [-0.4, -0.2) is 14.9 Å². The number of fused-ring (bicyclic) bond motifs is 1. The molecule has 2 N–H and O–H groups in total. The number of nitro groups is 1. The Hall–Kier alpha value is -2.60. The van der Waals surface area contributed by atoms with Crippen molar-refractivity contribution in [1.29, 1.82) is 0 Å². The fourth-order valence-corrected chi connectivity index (χ4v) is 2.08. The number of para-hydroxylation sites is 2. The minimum absolute atomic E-state index is 0.00834. The second-order valence-corrected chi connectivity index (χ2v) is 4.58. The molecule has 100 valence electrons. The summed E-state index contributed by atoms with van der Waals surface area (Å²) in [7, 11) is 0. The summed E-state index contributed by atoms with van der Waals surface area (Å²) in [5.41, 5.74) is 1.86. The quantitative estimate of drug-likeness (QED) is 0.566. The molecule has 0 bridgehead atoms. The monoisotopic (exact) mass is 288 g/mol. The predicted molar refractivity (Wildman–Crippen MR) is 77.5 cm³/mol. The lowest BCUT2D eigenvalue weighted by Crippen LogP contribution is -1.97. The number of benzene rings is 2. The van der Waals surface area contributed by atoms with Gasteiger partial charge in [0, 0.05) is 11.1 Å². The average Bonchev–Trinajstić information content (AvgIpc) is 2.80. The maximum Gasteiger partial charge on any atom is 0.292 e. The van der Waals surface area contributed by atoms with Gasteiger partial charge in [0.25, 0.3) is 5.69 Å². The molecule has 0 saturated heterocycles. The number of rotatable bonds is 3. The molecule has 0 aliphatic carbocycles. The van der Waals surface area contributed by atoms with E-state index >= 15 is 0 Å². The maximum absolute atomic E-state index is 10.9. The molecule has 7 heteroatoms. The van der Waals surface area contributed by atoms with Gasteiger partial charge in [0.1, 0.15) is 5.69 Å². The number of hydrogen-bond acceptors (Lipinski definition) is 4. The van der Waals surface area contributed by atoms with Crippen molar-refractivity contribution in [1.82, 2.24) is 9.97 Å². The van der Waals surface area contributed by atoms with E-state index in [1.165, 1.54) is 6.07 Å². The molecule has 1 aromatic heterocycles. The van der Waals surface area contributed by atoms with Crippen molar-refractivity contribution in [3.05, 3.63) is 57.6 Å². The highest BCUT2D eigenvalue weighted by molar-refractivity contribution is 6.31. The average molecular weight is 289 g/mol. The fraction of sp³-hybridized carbons (Fsp3) is 0. The number of imidazole rings is 1. The summed E-state index contributed by atoms with van der Waals surface area (Å²) in [5.74, 6) is 0.427. The van der Waals surface area contributed by atoms with Crippen LogP contribution in [0.4, 0.5) is 17.3 Å². The molecule has 1 heterocycles. The van der Waals surface area contributed by atoms with Crippen molar-refractivity contribution in [2.75, 3.05) is 5.32 Å². The molecular formula is C13H9ClN4O2. The Bertz CT molecular complexity index is 800. The van der Waals surface area contributed by atoms with E-state index in [-0.39, 0.29) is 5.69 Å². The number of hydrogen-bond donors (Lipinski definition) is 2. The van der Waals surface area contributed by atoms with Crippen molar-refractivity contribution in [3.8, 4) is 0 Å². The van der Waals surface area contributed by atoms with E-state index in [0.29, 0.717) is 16.7 Å². The molecule has 0 atom stereocenters. The number of aromatic amines is 1. The van der Waals surface area contributed by atoms with Gasteiger partial charge >= 0.3 is 0 Å². The predicted octanol–water partition coefficient (Wildman–Crippen LogP) is 3.87. The first-order valence-electron chi connectivity index (χ1n) is 5.79. The number of nitrogens with one attached hydrogen (secondary N) is 2. The Morgan fingerprint density at radius 2 is 2.05 bits per heavy atom. The van der Waals surface area contributed by atoms with E-state index in [9.17, 15) is 10.1 Å². The molecule has 0 aliphatic rings. The van der Waals surface area contributed by atoms with Crippen molar-refractivity contribution in [2.45, 2.75) is 0 Å². The van der Waals surface area contributed by atoms with E-state index in [4.69, 9.17) is 11.6 Å². The van der Waals surface area contributed by atoms with E-state index in [1.54, 1.807) is 36.4 Å². The molecule has 0 fully saturated rings. The van der Waals surface area contributed by atoms with Crippen LogP contribution in [0.25, 0.3) is 11.0 Å². The molecule has 2 aromatic carbocycles. The molecule has 0 unspecified atom stereocenters. The van der Waals surface area contributed by atoms with Crippen LogP contribution >= 0.6 is 11.6 Å². The van der Waals surface area contributed by atoms with Crippen LogP contribution in [0.15, 0.2) is 42.5 Å². The summed E-state index contributed by atoms with van der Waals surface area (Å²) in [6.45, 7) is 0. The highest BCUT2D eigenvalue weighted by Crippen LogP contribution is 2.27. The van der Waals surface area contributed by atoms with Gasteiger partial charge in [-0.2, -0.15) is 0 Å². The molecule has 20 heavy (non-hydrogen) atoms. The zero-order valence-electron chi connectivity index (χ0n) is 10.1. The highest BCUT2D eigenvalue weighted by atomic mass is 35.5. The van der Waals surface area contributed by atoms with E-state index in [1.807, 2.05) is 0 Å². The standard InChI is InChI=1S/C13H9ClN4O2/c14-8-5-6-9-11(7-8)17-13(15-9)16-10-3-1-2-4-12(10)18(19)20/h1-7H,(H2,15,16,17). The third kappa shape index (κ3) is 2.28. The maximum atomic E-state index is 10.9. The number of H-pyrrole nitrogens is 1. The summed E-state index contributed by atoms with van der Waals surface area (Å²) < 4.78 is 0. The van der Waals surface area contributed by atoms with Crippen LogP contribution in [-0.2, 0) is 0 Å². The van der Waals surface area contributed by atoms with Crippen LogP contribution in [0.1, 0.15) is 0 Å². The summed E-state index contributed by atoms with van der Waals surface area (Å²) in [5, 5.41) is 14.5. The van der Waals surface area contributed by atoms with Gasteiger partial charge in [0.2, 0.25) is 5.95 Å². The lowest BCUT2D eigenvalue weighted by Gasteiger charge is -2.02. The Morgan fingerprint density at radius 3 is 2.85 bits per heavy atom. The minimum Gasteiger partial charge on any atom is -0.324 e. The molecule has 0 saturated carbocycles. The second-order valence-electron chi connectivity index (χ2n) is 4.15. The zero-order chi connectivity index (χ0) is 14.1. The summed E-state index contributed by atoms with van der Waals surface area (Å²) in [6, 6.07) is 11.6. The molecule has 3 rings (SSSR count). The normalized spacial score (nSPS) is 10.7. The van der Waals surface area contributed by atoms with Crippen LogP contribution in [0.2, 0.25) is 5.02 Å². The van der Waals surface area contributed by atoms with Gasteiger partial charge in [-0.1, -0.05) is 23.7 Å².